The molecule has 0 radical (unpaired) electrons. The van der Waals surface area contributed by atoms with Crippen LogP contribution in [0.3, 0.4) is 0 Å². The van der Waals surface area contributed by atoms with Crippen molar-refractivity contribution in [2.75, 3.05) is 32.8 Å². The molecule has 1 aromatic rings. The Labute approximate surface area is 118 Å². The van der Waals surface area contributed by atoms with Crippen molar-refractivity contribution in [2.45, 2.75) is 19.5 Å². The van der Waals surface area contributed by atoms with Crippen molar-refractivity contribution in [3.63, 3.8) is 0 Å². The minimum absolute atomic E-state index is 0.235. The normalized spacial score (nSPS) is 20.7. The quantitative estimate of drug-likeness (QED) is 0.899. The Balaban J connectivity index is 2.02. The highest BCUT2D eigenvalue weighted by molar-refractivity contribution is 6.30. The molecule has 1 unspecified atom stereocenters. The number of halogens is 2. The van der Waals surface area contributed by atoms with Gasteiger partial charge in [0.1, 0.15) is 5.82 Å². The number of nitrogens with zero attached hydrogens (tertiary/aromatic N) is 1. The zero-order valence-electron chi connectivity index (χ0n) is 11.2. The second-order valence-corrected chi connectivity index (χ2v) is 5.18. The molecule has 0 saturated carbocycles. The molecule has 0 aromatic heterocycles. The van der Waals surface area contributed by atoms with Gasteiger partial charge in [0.15, 0.2) is 0 Å². The number of likely N-dealkylation sites (N-methyl/N-ethyl adjacent to an activating group) is 1. The van der Waals surface area contributed by atoms with Gasteiger partial charge in [0.2, 0.25) is 0 Å². The number of morpholine rings is 1. The maximum Gasteiger partial charge on any atom is 0.129 e. The van der Waals surface area contributed by atoms with Crippen molar-refractivity contribution in [3.05, 3.63) is 34.6 Å². The van der Waals surface area contributed by atoms with Crippen LogP contribution in [0, 0.1) is 5.82 Å². The number of benzene rings is 1. The number of hydrogen-bond donors (Lipinski definition) is 1. The summed E-state index contributed by atoms with van der Waals surface area (Å²) in [6, 6.07) is 5.16. The van der Waals surface area contributed by atoms with Crippen LogP contribution in [-0.4, -0.2) is 43.8 Å². The lowest BCUT2D eigenvalue weighted by atomic mass is 10.1. The highest BCUT2D eigenvalue weighted by Gasteiger charge is 2.23. The average Bonchev–Trinajstić information content (AvgIpc) is 2.41. The molecule has 1 aliphatic heterocycles. The highest BCUT2D eigenvalue weighted by Crippen LogP contribution is 2.18. The second-order valence-electron chi connectivity index (χ2n) is 4.74. The molecule has 2 rings (SSSR count). The van der Waals surface area contributed by atoms with Crippen molar-refractivity contribution < 1.29 is 9.13 Å². The van der Waals surface area contributed by atoms with Crippen molar-refractivity contribution >= 4 is 11.6 Å². The van der Waals surface area contributed by atoms with E-state index in [1.54, 1.807) is 12.1 Å². The summed E-state index contributed by atoms with van der Waals surface area (Å²) in [5.74, 6) is -0.235. The molecule has 0 amide bonds. The van der Waals surface area contributed by atoms with Gasteiger partial charge in [-0.25, -0.2) is 4.39 Å². The summed E-state index contributed by atoms with van der Waals surface area (Å²) in [5.41, 5.74) is 0.688. The van der Waals surface area contributed by atoms with Gasteiger partial charge < -0.3 is 10.1 Å². The molecular formula is C14H20ClFN2O. The number of ether oxygens (including phenoxy) is 1. The lowest BCUT2D eigenvalue weighted by Gasteiger charge is -2.35. The Hall–Kier alpha value is -0.680. The average molecular weight is 287 g/mol. The minimum atomic E-state index is -0.235. The Morgan fingerprint density at radius 3 is 3.11 bits per heavy atom. The van der Waals surface area contributed by atoms with Gasteiger partial charge in [0.25, 0.3) is 0 Å². The van der Waals surface area contributed by atoms with Crippen molar-refractivity contribution in [1.82, 2.24) is 10.2 Å². The van der Waals surface area contributed by atoms with Gasteiger partial charge in [-0.1, -0.05) is 24.6 Å². The first-order valence-electron chi connectivity index (χ1n) is 6.67. The predicted molar refractivity (Wildman–Crippen MR) is 75.0 cm³/mol. The molecule has 0 spiro atoms. The summed E-state index contributed by atoms with van der Waals surface area (Å²) >= 11 is 5.77. The summed E-state index contributed by atoms with van der Waals surface area (Å²) in [6.07, 6.45) is 0. The summed E-state index contributed by atoms with van der Waals surface area (Å²) in [7, 11) is 0. The summed E-state index contributed by atoms with van der Waals surface area (Å²) in [4.78, 5) is 2.26. The SMILES string of the molecule is CCNCC1COCCN1Cc1ccc(Cl)cc1F. The molecule has 1 saturated heterocycles. The Bertz CT molecular complexity index is 416. The fourth-order valence-electron chi connectivity index (χ4n) is 2.27. The number of hydrogen-bond acceptors (Lipinski definition) is 3. The van der Waals surface area contributed by atoms with Crippen LogP contribution in [-0.2, 0) is 11.3 Å². The first kappa shape index (κ1) is 14.7. The molecular weight excluding hydrogens is 267 g/mol. The molecule has 1 aromatic carbocycles. The Morgan fingerprint density at radius 2 is 2.37 bits per heavy atom. The summed E-state index contributed by atoms with van der Waals surface area (Å²) in [5, 5.41) is 3.76. The minimum Gasteiger partial charge on any atom is -0.378 e. The van der Waals surface area contributed by atoms with E-state index in [4.69, 9.17) is 16.3 Å². The van der Waals surface area contributed by atoms with Gasteiger partial charge in [-0.05, 0) is 18.7 Å². The third-order valence-corrected chi connectivity index (χ3v) is 3.60. The van der Waals surface area contributed by atoms with E-state index in [2.05, 4.69) is 17.1 Å². The van der Waals surface area contributed by atoms with E-state index in [1.807, 2.05) is 0 Å². The molecule has 1 heterocycles. The highest BCUT2D eigenvalue weighted by atomic mass is 35.5. The van der Waals surface area contributed by atoms with Crippen LogP contribution in [0.2, 0.25) is 5.02 Å². The van der Waals surface area contributed by atoms with Gasteiger partial charge in [0.05, 0.1) is 13.2 Å². The first-order chi connectivity index (χ1) is 9.20. The molecule has 1 aliphatic rings. The van der Waals surface area contributed by atoms with Gasteiger partial charge in [0, 0.05) is 36.3 Å². The molecule has 1 fully saturated rings. The predicted octanol–water partition coefficient (Wildman–Crippen LogP) is 2.29. The van der Waals surface area contributed by atoms with Crippen LogP contribution in [0.25, 0.3) is 0 Å². The van der Waals surface area contributed by atoms with Gasteiger partial charge in [-0.2, -0.15) is 0 Å². The van der Waals surface area contributed by atoms with Crippen molar-refractivity contribution in [1.29, 1.82) is 0 Å². The van der Waals surface area contributed by atoms with Gasteiger partial charge in [-0.3, -0.25) is 4.90 Å². The van der Waals surface area contributed by atoms with E-state index in [9.17, 15) is 4.39 Å². The van der Waals surface area contributed by atoms with E-state index in [1.165, 1.54) is 6.07 Å². The zero-order chi connectivity index (χ0) is 13.7. The third-order valence-electron chi connectivity index (χ3n) is 3.37. The molecule has 106 valence electrons. The Kier molecular flexibility index (Phi) is 5.58. The van der Waals surface area contributed by atoms with Crippen LogP contribution >= 0.6 is 11.6 Å². The molecule has 1 atom stereocenters. The lowest BCUT2D eigenvalue weighted by molar-refractivity contribution is -0.0111. The third kappa shape index (κ3) is 4.14. The fraction of sp³-hybridized carbons (Fsp3) is 0.571. The van der Waals surface area contributed by atoms with Crippen molar-refractivity contribution in [3.8, 4) is 0 Å². The molecule has 1 N–H and O–H groups in total. The van der Waals surface area contributed by atoms with Crippen LogP contribution in [0.15, 0.2) is 18.2 Å². The van der Waals surface area contributed by atoms with Crippen LogP contribution in [0.4, 0.5) is 4.39 Å². The van der Waals surface area contributed by atoms with E-state index in [0.29, 0.717) is 36.4 Å². The molecule has 0 aliphatic carbocycles. The smallest absolute Gasteiger partial charge is 0.129 e. The van der Waals surface area contributed by atoms with E-state index < -0.39 is 0 Å². The van der Waals surface area contributed by atoms with Crippen LogP contribution in [0.5, 0.6) is 0 Å². The molecule has 19 heavy (non-hydrogen) atoms. The molecule has 0 bridgehead atoms. The zero-order valence-corrected chi connectivity index (χ0v) is 11.9. The largest absolute Gasteiger partial charge is 0.378 e. The summed E-state index contributed by atoms with van der Waals surface area (Å²) < 4.78 is 19.3. The topological polar surface area (TPSA) is 24.5 Å². The monoisotopic (exact) mass is 286 g/mol. The lowest BCUT2D eigenvalue weighted by Crippen LogP contribution is -2.49. The standard InChI is InChI=1S/C14H20ClFN2O/c1-2-17-8-13-10-19-6-5-18(13)9-11-3-4-12(15)7-14(11)16/h3-4,7,13,17H,2,5-6,8-10H2,1H3. The molecule has 5 heteroatoms. The maximum absolute atomic E-state index is 13.8. The van der Waals surface area contributed by atoms with E-state index in [0.717, 1.165) is 19.6 Å². The van der Waals surface area contributed by atoms with E-state index >= 15 is 0 Å². The van der Waals surface area contributed by atoms with Crippen molar-refractivity contribution in [2.24, 2.45) is 0 Å². The van der Waals surface area contributed by atoms with Crippen LogP contribution in [0.1, 0.15) is 12.5 Å². The summed E-state index contributed by atoms with van der Waals surface area (Å²) in [6.45, 7) is 6.71. The number of nitrogens with one attached hydrogen (secondary N) is 1. The fourth-order valence-corrected chi connectivity index (χ4v) is 2.42. The molecule has 3 nitrogen and oxygen atoms in total. The Morgan fingerprint density at radius 1 is 1.53 bits per heavy atom. The second kappa shape index (κ2) is 7.20. The van der Waals surface area contributed by atoms with Gasteiger partial charge >= 0.3 is 0 Å². The van der Waals surface area contributed by atoms with E-state index in [-0.39, 0.29) is 5.82 Å². The maximum atomic E-state index is 13.8. The van der Waals surface area contributed by atoms with Gasteiger partial charge in [-0.15, -0.1) is 0 Å². The number of rotatable bonds is 5. The van der Waals surface area contributed by atoms with Crippen LogP contribution < -0.4 is 5.32 Å². The first-order valence-corrected chi connectivity index (χ1v) is 7.05.